The molecule has 0 heterocycles. The molecule has 94 valence electrons. The zero-order valence-electron chi connectivity index (χ0n) is 10.2. The predicted molar refractivity (Wildman–Crippen MR) is 77.4 cm³/mol. The van der Waals surface area contributed by atoms with Crippen molar-refractivity contribution in [1.82, 2.24) is 0 Å². The third-order valence-corrected chi connectivity index (χ3v) is 3.30. The third-order valence-electron chi connectivity index (χ3n) is 3.30. The van der Waals surface area contributed by atoms with E-state index < -0.39 is 7.12 Å². The molecule has 3 aromatic rings. The smallest absolute Gasteiger partial charge is 0.324 e. The van der Waals surface area contributed by atoms with Crippen molar-refractivity contribution in [2.24, 2.45) is 11.8 Å². The third kappa shape index (κ3) is 1.99. The van der Waals surface area contributed by atoms with E-state index in [9.17, 15) is 0 Å². The maximum Gasteiger partial charge on any atom is 0.528 e. The molecule has 0 unspecified atom stereocenters. The number of hydrogen-bond acceptors (Lipinski definition) is 4. The molecule has 0 fully saturated rings. The lowest BCUT2D eigenvalue weighted by atomic mass is 9.75. The Morgan fingerprint density at radius 2 is 1.32 bits per heavy atom. The fraction of sp³-hybridized carbons (Fsp3) is 0. The lowest BCUT2D eigenvalue weighted by molar-refractivity contribution is 0.216. The molecule has 0 saturated carbocycles. The number of nitrogens with two attached hydrogens (primary N) is 2. The minimum Gasteiger partial charge on any atom is -0.324 e. The summed E-state index contributed by atoms with van der Waals surface area (Å²) in [5.41, 5.74) is 0.819. The lowest BCUT2D eigenvalue weighted by Crippen LogP contribution is -2.41. The Balaban J connectivity index is 2.42. The van der Waals surface area contributed by atoms with E-state index >= 15 is 0 Å². The van der Waals surface area contributed by atoms with Crippen LogP contribution >= 0.6 is 0 Å². The van der Waals surface area contributed by atoms with Gasteiger partial charge in [0.25, 0.3) is 0 Å². The van der Waals surface area contributed by atoms with E-state index in [4.69, 9.17) is 21.3 Å². The van der Waals surface area contributed by atoms with Gasteiger partial charge in [0.1, 0.15) is 0 Å². The van der Waals surface area contributed by atoms with Gasteiger partial charge in [0.05, 0.1) is 0 Å². The lowest BCUT2D eigenvalue weighted by Gasteiger charge is -2.13. The van der Waals surface area contributed by atoms with Gasteiger partial charge in [-0.1, -0.05) is 54.6 Å². The average molecular weight is 252 g/mol. The van der Waals surface area contributed by atoms with Crippen molar-refractivity contribution in [3.8, 4) is 0 Å². The van der Waals surface area contributed by atoms with Crippen molar-refractivity contribution in [3.63, 3.8) is 0 Å². The second kappa shape index (κ2) is 4.99. The SMILES string of the molecule is NOB(ON)c1cc2ccccc2c2ccccc12. The van der Waals surface area contributed by atoms with Crippen LogP contribution in [-0.4, -0.2) is 7.12 Å². The van der Waals surface area contributed by atoms with Crippen LogP contribution in [0.15, 0.2) is 54.6 Å². The van der Waals surface area contributed by atoms with Crippen LogP contribution < -0.4 is 17.3 Å². The Bertz CT molecular complexity index is 729. The maximum atomic E-state index is 5.25. The highest BCUT2D eigenvalue weighted by Gasteiger charge is 2.23. The van der Waals surface area contributed by atoms with Crippen LogP contribution in [0, 0.1) is 0 Å². The summed E-state index contributed by atoms with van der Waals surface area (Å²) in [5, 5.41) is 4.40. The summed E-state index contributed by atoms with van der Waals surface area (Å²) >= 11 is 0. The first-order valence-electron chi connectivity index (χ1n) is 5.96. The molecule has 4 nitrogen and oxygen atoms in total. The Labute approximate surface area is 111 Å². The van der Waals surface area contributed by atoms with Gasteiger partial charge in [-0.2, -0.15) is 0 Å². The molecule has 19 heavy (non-hydrogen) atoms. The standard InChI is InChI=1S/C14H13BN2O2/c16-18-15(19-17)14-9-10-5-1-2-6-11(10)12-7-3-4-8-13(12)14/h1-9H,16-17H2. The molecular formula is C14H13BN2O2. The van der Waals surface area contributed by atoms with E-state index in [1.165, 1.54) is 5.39 Å². The molecule has 0 amide bonds. The second-order valence-electron chi connectivity index (χ2n) is 4.34. The maximum absolute atomic E-state index is 5.25. The van der Waals surface area contributed by atoms with Crippen molar-refractivity contribution in [2.75, 3.05) is 0 Å². The minimum atomic E-state index is -0.783. The number of rotatable bonds is 3. The van der Waals surface area contributed by atoms with Gasteiger partial charge in [0, 0.05) is 0 Å². The van der Waals surface area contributed by atoms with Crippen molar-refractivity contribution >= 4 is 34.1 Å². The van der Waals surface area contributed by atoms with E-state index in [0.717, 1.165) is 21.6 Å². The van der Waals surface area contributed by atoms with Crippen LogP contribution in [-0.2, 0) is 9.51 Å². The van der Waals surface area contributed by atoms with Crippen molar-refractivity contribution in [3.05, 3.63) is 54.6 Å². The first-order chi connectivity index (χ1) is 9.35. The van der Waals surface area contributed by atoms with Crippen LogP contribution in [0.5, 0.6) is 0 Å². The first-order valence-corrected chi connectivity index (χ1v) is 5.96. The van der Waals surface area contributed by atoms with Gasteiger partial charge in [0.2, 0.25) is 0 Å². The van der Waals surface area contributed by atoms with Gasteiger partial charge >= 0.3 is 7.12 Å². The topological polar surface area (TPSA) is 70.5 Å². The van der Waals surface area contributed by atoms with Gasteiger partial charge in [0.15, 0.2) is 0 Å². The van der Waals surface area contributed by atoms with Gasteiger partial charge in [-0.05, 0) is 27.0 Å². The van der Waals surface area contributed by atoms with Crippen molar-refractivity contribution < 1.29 is 9.51 Å². The summed E-state index contributed by atoms with van der Waals surface area (Å²) in [6.07, 6.45) is 0. The Morgan fingerprint density at radius 3 is 2.00 bits per heavy atom. The number of fused-ring (bicyclic) bond motifs is 3. The van der Waals surface area contributed by atoms with E-state index in [-0.39, 0.29) is 0 Å². The normalized spacial score (nSPS) is 11.1. The number of benzene rings is 3. The summed E-state index contributed by atoms with van der Waals surface area (Å²) in [6, 6.07) is 18.1. The molecule has 0 saturated heterocycles. The summed E-state index contributed by atoms with van der Waals surface area (Å²) in [5.74, 6) is 10.5. The van der Waals surface area contributed by atoms with Gasteiger partial charge < -0.3 is 9.51 Å². The van der Waals surface area contributed by atoms with E-state index in [2.05, 4.69) is 12.1 Å². The Morgan fingerprint density at radius 1 is 0.737 bits per heavy atom. The molecule has 3 rings (SSSR count). The highest BCUT2D eigenvalue weighted by atomic mass is 16.7. The molecule has 0 atom stereocenters. The van der Waals surface area contributed by atoms with Gasteiger partial charge in [-0.3, -0.25) is 0 Å². The molecule has 0 spiro atoms. The van der Waals surface area contributed by atoms with Crippen LogP contribution in [0.25, 0.3) is 21.5 Å². The average Bonchev–Trinajstić information content (AvgIpc) is 2.48. The highest BCUT2D eigenvalue weighted by Crippen LogP contribution is 2.24. The van der Waals surface area contributed by atoms with Crippen molar-refractivity contribution in [2.45, 2.75) is 0 Å². The molecule has 0 aromatic heterocycles. The zero-order valence-corrected chi connectivity index (χ0v) is 10.2. The molecule has 0 aliphatic carbocycles. The predicted octanol–water partition coefficient (Wildman–Crippen LogP) is 1.47. The molecule has 5 heteroatoms. The van der Waals surface area contributed by atoms with Crippen LogP contribution in [0.1, 0.15) is 0 Å². The van der Waals surface area contributed by atoms with Crippen molar-refractivity contribution in [1.29, 1.82) is 0 Å². The van der Waals surface area contributed by atoms with Gasteiger partial charge in [-0.25, -0.2) is 11.8 Å². The second-order valence-corrected chi connectivity index (χ2v) is 4.34. The fourth-order valence-corrected chi connectivity index (χ4v) is 2.46. The molecule has 0 radical (unpaired) electrons. The first kappa shape index (κ1) is 12.1. The molecule has 0 aliphatic rings. The minimum absolute atomic E-state index is 0.783. The molecule has 3 aromatic carbocycles. The largest absolute Gasteiger partial charge is 0.528 e. The Hall–Kier alpha value is -1.92. The zero-order chi connectivity index (χ0) is 13.2. The highest BCUT2D eigenvalue weighted by molar-refractivity contribution is 6.64. The summed E-state index contributed by atoms with van der Waals surface area (Å²) in [4.78, 5) is 0. The summed E-state index contributed by atoms with van der Waals surface area (Å²) in [7, 11) is -0.783. The summed E-state index contributed by atoms with van der Waals surface area (Å²) in [6.45, 7) is 0. The van der Waals surface area contributed by atoms with Crippen LogP contribution in [0.3, 0.4) is 0 Å². The summed E-state index contributed by atoms with van der Waals surface area (Å²) < 4.78 is 9.59. The van der Waals surface area contributed by atoms with E-state index in [0.29, 0.717) is 0 Å². The molecular weight excluding hydrogens is 239 g/mol. The quantitative estimate of drug-likeness (QED) is 0.420. The van der Waals surface area contributed by atoms with Gasteiger partial charge in [-0.15, -0.1) is 0 Å². The van der Waals surface area contributed by atoms with E-state index in [1.54, 1.807) is 0 Å². The monoisotopic (exact) mass is 252 g/mol. The fourth-order valence-electron chi connectivity index (χ4n) is 2.46. The van der Waals surface area contributed by atoms with E-state index in [1.807, 2.05) is 42.5 Å². The Kier molecular flexibility index (Phi) is 3.19. The number of hydrogen-bond donors (Lipinski definition) is 2. The van der Waals surface area contributed by atoms with Crippen LogP contribution in [0.2, 0.25) is 0 Å². The molecule has 0 aliphatic heterocycles. The van der Waals surface area contributed by atoms with Crippen LogP contribution in [0.4, 0.5) is 0 Å². The molecule has 0 bridgehead atoms. The molecule has 4 N–H and O–H groups in total.